The Morgan fingerprint density at radius 1 is 1.32 bits per heavy atom. The SMILES string of the molecule is O=C(CSc1ncc2ccccn12)N1CCc2cc([N+](=O)[O-])ccc21. The predicted molar refractivity (Wildman–Crippen MR) is 95.1 cm³/mol. The van der Waals surface area contributed by atoms with E-state index in [1.165, 1.54) is 17.8 Å². The zero-order valence-corrected chi connectivity index (χ0v) is 14.0. The Labute approximate surface area is 147 Å². The van der Waals surface area contributed by atoms with Crippen LogP contribution in [0.1, 0.15) is 5.56 Å². The van der Waals surface area contributed by atoms with Crippen molar-refractivity contribution in [2.45, 2.75) is 11.6 Å². The summed E-state index contributed by atoms with van der Waals surface area (Å²) < 4.78 is 1.94. The third-order valence-electron chi connectivity index (χ3n) is 4.20. The van der Waals surface area contributed by atoms with Gasteiger partial charge in [0.1, 0.15) is 0 Å². The van der Waals surface area contributed by atoms with Crippen molar-refractivity contribution >= 4 is 34.6 Å². The average Bonchev–Trinajstić information content (AvgIpc) is 3.23. The van der Waals surface area contributed by atoms with Crippen molar-refractivity contribution in [1.82, 2.24) is 9.38 Å². The van der Waals surface area contributed by atoms with Gasteiger partial charge in [-0.2, -0.15) is 0 Å². The molecule has 3 aromatic rings. The fourth-order valence-electron chi connectivity index (χ4n) is 2.99. The van der Waals surface area contributed by atoms with E-state index in [2.05, 4.69) is 4.98 Å². The molecule has 2 aromatic heterocycles. The first-order chi connectivity index (χ1) is 12.1. The van der Waals surface area contributed by atoms with E-state index in [4.69, 9.17) is 0 Å². The molecule has 4 rings (SSSR count). The van der Waals surface area contributed by atoms with Crippen molar-refractivity contribution in [3.63, 3.8) is 0 Å². The molecule has 0 bridgehead atoms. The van der Waals surface area contributed by atoms with Gasteiger partial charge in [-0.05, 0) is 30.2 Å². The van der Waals surface area contributed by atoms with Crippen molar-refractivity contribution < 1.29 is 9.72 Å². The minimum absolute atomic E-state index is 0.0229. The molecule has 3 heterocycles. The molecule has 1 aliphatic heterocycles. The smallest absolute Gasteiger partial charge is 0.269 e. The molecule has 0 atom stereocenters. The van der Waals surface area contributed by atoms with E-state index in [9.17, 15) is 14.9 Å². The van der Waals surface area contributed by atoms with Crippen LogP contribution in [0.3, 0.4) is 0 Å². The monoisotopic (exact) mass is 354 g/mol. The van der Waals surface area contributed by atoms with Crippen LogP contribution in [-0.2, 0) is 11.2 Å². The van der Waals surface area contributed by atoms with Crippen LogP contribution in [0.15, 0.2) is 53.9 Å². The van der Waals surface area contributed by atoms with Gasteiger partial charge in [-0.1, -0.05) is 17.8 Å². The first-order valence-electron chi connectivity index (χ1n) is 7.76. The Hall–Kier alpha value is -2.87. The molecule has 25 heavy (non-hydrogen) atoms. The first kappa shape index (κ1) is 15.6. The number of carbonyl (C=O) groups excluding carboxylic acids is 1. The zero-order valence-electron chi connectivity index (χ0n) is 13.2. The number of hydrogen-bond donors (Lipinski definition) is 0. The number of hydrogen-bond acceptors (Lipinski definition) is 5. The Morgan fingerprint density at radius 2 is 2.20 bits per heavy atom. The third kappa shape index (κ3) is 2.85. The number of non-ortho nitro benzene ring substituents is 1. The van der Waals surface area contributed by atoms with E-state index in [-0.39, 0.29) is 17.3 Å². The molecule has 0 N–H and O–H groups in total. The van der Waals surface area contributed by atoms with Gasteiger partial charge < -0.3 is 4.90 Å². The number of fused-ring (bicyclic) bond motifs is 2. The number of nitro benzene ring substituents is 1. The molecule has 0 fully saturated rings. The number of carbonyl (C=O) groups is 1. The highest BCUT2D eigenvalue weighted by Crippen LogP contribution is 2.32. The molecule has 0 radical (unpaired) electrons. The van der Waals surface area contributed by atoms with Gasteiger partial charge in [-0.25, -0.2) is 4.98 Å². The van der Waals surface area contributed by atoms with Crippen LogP contribution in [0.5, 0.6) is 0 Å². The minimum atomic E-state index is -0.413. The molecule has 126 valence electrons. The van der Waals surface area contributed by atoms with Gasteiger partial charge in [-0.3, -0.25) is 19.3 Å². The van der Waals surface area contributed by atoms with Crippen molar-refractivity contribution in [1.29, 1.82) is 0 Å². The second-order valence-electron chi connectivity index (χ2n) is 5.69. The molecule has 0 spiro atoms. The van der Waals surface area contributed by atoms with E-state index in [0.717, 1.165) is 21.9 Å². The molecule has 7 nitrogen and oxygen atoms in total. The summed E-state index contributed by atoms with van der Waals surface area (Å²) >= 11 is 1.39. The van der Waals surface area contributed by atoms with E-state index < -0.39 is 4.92 Å². The zero-order chi connectivity index (χ0) is 17.4. The standard InChI is InChI=1S/C17H14N4O3S/c22-16(11-25-17-18-10-14-3-1-2-7-19(14)17)20-8-6-12-9-13(21(23)24)4-5-15(12)20/h1-5,7,9-10H,6,8,11H2. The molecule has 0 aliphatic carbocycles. The molecule has 1 aliphatic rings. The van der Waals surface area contributed by atoms with Gasteiger partial charge in [0.25, 0.3) is 5.69 Å². The summed E-state index contributed by atoms with van der Waals surface area (Å²) in [7, 11) is 0. The largest absolute Gasteiger partial charge is 0.311 e. The molecular formula is C17H14N4O3S. The first-order valence-corrected chi connectivity index (χ1v) is 8.74. The Morgan fingerprint density at radius 3 is 3.04 bits per heavy atom. The second kappa shape index (κ2) is 6.21. The van der Waals surface area contributed by atoms with Crippen molar-refractivity contribution in [3.8, 4) is 0 Å². The minimum Gasteiger partial charge on any atom is -0.311 e. The summed E-state index contributed by atoms with van der Waals surface area (Å²) in [6.07, 6.45) is 4.33. The Balaban J connectivity index is 1.49. The average molecular weight is 354 g/mol. The number of nitro groups is 1. The highest BCUT2D eigenvalue weighted by molar-refractivity contribution is 7.99. The Bertz CT molecular complexity index is 985. The van der Waals surface area contributed by atoms with Gasteiger partial charge >= 0.3 is 0 Å². The number of rotatable bonds is 4. The number of aromatic nitrogens is 2. The van der Waals surface area contributed by atoms with Crippen LogP contribution in [0.2, 0.25) is 0 Å². The Kier molecular flexibility index (Phi) is 3.89. The topological polar surface area (TPSA) is 80.8 Å². The number of thioether (sulfide) groups is 1. The fraction of sp³-hybridized carbons (Fsp3) is 0.176. The molecule has 0 saturated heterocycles. The quantitative estimate of drug-likeness (QED) is 0.409. The van der Waals surface area contributed by atoms with Gasteiger partial charge in [0.15, 0.2) is 5.16 Å². The number of amides is 1. The van der Waals surface area contributed by atoms with Crippen molar-refractivity contribution in [2.75, 3.05) is 17.2 Å². The molecular weight excluding hydrogens is 340 g/mol. The maximum absolute atomic E-state index is 12.6. The number of pyridine rings is 1. The maximum atomic E-state index is 12.6. The molecule has 8 heteroatoms. The van der Waals surface area contributed by atoms with Crippen molar-refractivity contribution in [3.05, 3.63) is 64.5 Å². The summed E-state index contributed by atoms with van der Waals surface area (Å²) in [4.78, 5) is 29.1. The van der Waals surface area contributed by atoms with Gasteiger partial charge in [-0.15, -0.1) is 0 Å². The van der Waals surface area contributed by atoms with Crippen LogP contribution in [0.25, 0.3) is 5.52 Å². The van der Waals surface area contributed by atoms with E-state index in [1.807, 2.05) is 28.8 Å². The summed E-state index contributed by atoms with van der Waals surface area (Å²) in [5.41, 5.74) is 2.66. The lowest BCUT2D eigenvalue weighted by atomic mass is 10.1. The van der Waals surface area contributed by atoms with Crippen LogP contribution >= 0.6 is 11.8 Å². The number of nitrogens with zero attached hydrogens (tertiary/aromatic N) is 4. The molecule has 1 aromatic carbocycles. The normalized spacial score (nSPS) is 13.2. The summed E-state index contributed by atoms with van der Waals surface area (Å²) in [6.45, 7) is 0.554. The van der Waals surface area contributed by atoms with E-state index >= 15 is 0 Å². The second-order valence-corrected chi connectivity index (χ2v) is 6.63. The van der Waals surface area contributed by atoms with E-state index in [0.29, 0.717) is 13.0 Å². The van der Waals surface area contributed by atoms with Crippen LogP contribution in [0, 0.1) is 10.1 Å². The van der Waals surface area contributed by atoms with Crippen LogP contribution < -0.4 is 4.90 Å². The number of benzene rings is 1. The number of anilines is 1. The maximum Gasteiger partial charge on any atom is 0.269 e. The molecule has 1 amide bonds. The number of imidazole rings is 1. The summed E-state index contributed by atoms with van der Waals surface area (Å²) in [5.74, 6) is 0.245. The summed E-state index contributed by atoms with van der Waals surface area (Å²) in [5, 5.41) is 11.6. The van der Waals surface area contributed by atoms with E-state index in [1.54, 1.807) is 23.2 Å². The van der Waals surface area contributed by atoms with Crippen LogP contribution in [0.4, 0.5) is 11.4 Å². The molecule has 0 unspecified atom stereocenters. The highest BCUT2D eigenvalue weighted by Gasteiger charge is 2.26. The molecule has 0 saturated carbocycles. The third-order valence-corrected chi connectivity index (χ3v) is 5.15. The summed E-state index contributed by atoms with van der Waals surface area (Å²) in [6, 6.07) is 10.5. The lowest BCUT2D eigenvalue weighted by Crippen LogP contribution is -2.30. The highest BCUT2D eigenvalue weighted by atomic mass is 32.2. The van der Waals surface area contributed by atoms with Gasteiger partial charge in [0, 0.05) is 30.6 Å². The van der Waals surface area contributed by atoms with Crippen molar-refractivity contribution in [2.24, 2.45) is 0 Å². The van der Waals surface area contributed by atoms with Gasteiger partial charge in [0.05, 0.1) is 22.4 Å². The fourth-order valence-corrected chi connectivity index (χ4v) is 3.83. The predicted octanol–water partition coefficient (Wildman–Crippen LogP) is 2.92. The lowest BCUT2D eigenvalue weighted by Gasteiger charge is -2.16. The van der Waals surface area contributed by atoms with Gasteiger partial charge in [0.2, 0.25) is 5.91 Å². The lowest BCUT2D eigenvalue weighted by molar-refractivity contribution is -0.384. The van der Waals surface area contributed by atoms with Crippen LogP contribution in [-0.4, -0.2) is 32.5 Å².